The Balaban J connectivity index is 1.97. The molecular formula is C14H10N2O8. The van der Waals surface area contributed by atoms with Crippen molar-refractivity contribution in [1.82, 2.24) is 4.90 Å². The van der Waals surface area contributed by atoms with Crippen LogP contribution in [0.25, 0.3) is 0 Å². The summed E-state index contributed by atoms with van der Waals surface area (Å²) >= 11 is 0. The molecule has 1 aliphatic heterocycles. The van der Waals surface area contributed by atoms with E-state index in [4.69, 9.17) is 5.73 Å². The zero-order chi connectivity index (χ0) is 17.9. The molecule has 1 aliphatic rings. The number of fused-ring (bicyclic) bond motifs is 1. The average Bonchev–Trinajstić information content (AvgIpc) is 2.83. The fraction of sp³-hybridized carbons (Fsp3) is 0.143. The molecule has 0 aromatic heterocycles. The van der Waals surface area contributed by atoms with Crippen molar-refractivity contribution in [3.05, 3.63) is 35.4 Å². The Kier molecular flexibility index (Phi) is 4.80. The summed E-state index contributed by atoms with van der Waals surface area (Å²) in [5.74, 6) is -7.18. The highest BCUT2D eigenvalue weighted by Crippen LogP contribution is 2.22. The first-order valence-electron chi connectivity index (χ1n) is 6.51. The predicted molar refractivity (Wildman–Crippen MR) is 73.1 cm³/mol. The molecule has 24 heavy (non-hydrogen) atoms. The van der Waals surface area contributed by atoms with E-state index in [0.29, 0.717) is 4.90 Å². The number of rotatable bonds is 5. The third-order valence-electron chi connectivity index (χ3n) is 3.01. The standard InChI is InChI=1S/C14H10N2O8/c15-5-9(17)13(21)23-24-14(22)10(18)6-16-11(19)7-3-1-2-4-8(7)12(16)20/h1-4H,5-6,15H2. The molecule has 0 saturated heterocycles. The predicted octanol–water partition coefficient (Wildman–Crippen LogP) is -1.62. The molecule has 0 spiro atoms. The number of ketones is 2. The molecule has 0 bridgehead atoms. The van der Waals surface area contributed by atoms with Crippen molar-refractivity contribution in [3.8, 4) is 0 Å². The van der Waals surface area contributed by atoms with Crippen molar-refractivity contribution >= 4 is 35.3 Å². The van der Waals surface area contributed by atoms with E-state index in [0.717, 1.165) is 0 Å². The first-order valence-corrected chi connectivity index (χ1v) is 6.51. The van der Waals surface area contributed by atoms with E-state index >= 15 is 0 Å². The normalized spacial score (nSPS) is 12.6. The lowest BCUT2D eigenvalue weighted by atomic mass is 10.1. The van der Waals surface area contributed by atoms with Crippen molar-refractivity contribution in [2.24, 2.45) is 5.73 Å². The Hall–Kier alpha value is -3.40. The molecule has 1 aromatic rings. The van der Waals surface area contributed by atoms with Crippen molar-refractivity contribution in [2.75, 3.05) is 13.1 Å². The Morgan fingerprint density at radius 3 is 1.79 bits per heavy atom. The molecule has 10 nitrogen and oxygen atoms in total. The van der Waals surface area contributed by atoms with Gasteiger partial charge < -0.3 is 5.73 Å². The van der Waals surface area contributed by atoms with Gasteiger partial charge in [-0.05, 0) is 12.1 Å². The van der Waals surface area contributed by atoms with E-state index < -0.39 is 48.4 Å². The van der Waals surface area contributed by atoms with Crippen LogP contribution in [-0.2, 0) is 29.0 Å². The molecule has 0 radical (unpaired) electrons. The lowest BCUT2D eigenvalue weighted by Crippen LogP contribution is -2.38. The smallest absolute Gasteiger partial charge is 0.324 e. The van der Waals surface area contributed by atoms with E-state index in [9.17, 15) is 28.8 Å². The van der Waals surface area contributed by atoms with Crippen LogP contribution in [0.2, 0.25) is 0 Å². The third kappa shape index (κ3) is 3.17. The minimum absolute atomic E-state index is 0.101. The molecule has 1 heterocycles. The first-order chi connectivity index (χ1) is 11.4. The Morgan fingerprint density at radius 2 is 1.33 bits per heavy atom. The molecule has 124 valence electrons. The van der Waals surface area contributed by atoms with Crippen molar-refractivity contribution in [1.29, 1.82) is 0 Å². The number of hydrogen-bond acceptors (Lipinski definition) is 9. The van der Waals surface area contributed by atoms with Crippen LogP contribution >= 0.6 is 0 Å². The fourth-order valence-corrected chi connectivity index (χ4v) is 1.84. The monoisotopic (exact) mass is 334 g/mol. The summed E-state index contributed by atoms with van der Waals surface area (Å²) in [6, 6.07) is 5.88. The highest BCUT2D eigenvalue weighted by atomic mass is 17.2. The van der Waals surface area contributed by atoms with E-state index in [1.807, 2.05) is 0 Å². The third-order valence-corrected chi connectivity index (χ3v) is 3.01. The van der Waals surface area contributed by atoms with Crippen LogP contribution in [0, 0.1) is 0 Å². The number of Topliss-reactive ketones (excluding diaryl/α,β-unsaturated/α-hetero) is 2. The molecular weight excluding hydrogens is 324 g/mol. The number of nitrogens with two attached hydrogens (primary N) is 1. The summed E-state index contributed by atoms with van der Waals surface area (Å²) in [6.45, 7) is -1.56. The van der Waals surface area contributed by atoms with Crippen LogP contribution in [0.1, 0.15) is 20.7 Å². The van der Waals surface area contributed by atoms with Gasteiger partial charge in [-0.1, -0.05) is 12.1 Å². The van der Waals surface area contributed by atoms with Crippen LogP contribution in [-0.4, -0.2) is 53.3 Å². The fourth-order valence-electron chi connectivity index (χ4n) is 1.84. The number of nitrogens with zero attached hydrogens (tertiary/aromatic N) is 1. The topological polar surface area (TPSA) is 150 Å². The second kappa shape index (κ2) is 6.79. The highest BCUT2D eigenvalue weighted by molar-refractivity contribution is 6.37. The van der Waals surface area contributed by atoms with Crippen molar-refractivity contribution in [2.45, 2.75) is 0 Å². The van der Waals surface area contributed by atoms with Crippen LogP contribution in [0.4, 0.5) is 0 Å². The van der Waals surface area contributed by atoms with Crippen molar-refractivity contribution < 1.29 is 38.5 Å². The maximum absolute atomic E-state index is 12.0. The number of carbonyl (C=O) groups excluding carboxylic acids is 6. The summed E-state index contributed by atoms with van der Waals surface area (Å²) in [5, 5.41) is 0. The quantitative estimate of drug-likeness (QED) is 0.290. The van der Waals surface area contributed by atoms with Gasteiger partial charge in [-0.2, -0.15) is 0 Å². The SMILES string of the molecule is NCC(=O)C(=O)OOC(=O)C(=O)CN1C(=O)c2ccccc2C1=O. The van der Waals surface area contributed by atoms with Gasteiger partial charge in [0.25, 0.3) is 23.4 Å². The van der Waals surface area contributed by atoms with Gasteiger partial charge in [0.05, 0.1) is 24.2 Å². The Labute approximate surface area is 134 Å². The van der Waals surface area contributed by atoms with Crippen LogP contribution in [0.15, 0.2) is 24.3 Å². The Bertz CT molecular complexity index is 735. The van der Waals surface area contributed by atoms with E-state index in [1.165, 1.54) is 24.3 Å². The summed E-state index contributed by atoms with van der Waals surface area (Å²) in [7, 11) is 0. The summed E-state index contributed by atoms with van der Waals surface area (Å²) in [4.78, 5) is 77.1. The molecule has 2 N–H and O–H groups in total. The van der Waals surface area contributed by atoms with E-state index in [-0.39, 0.29) is 11.1 Å². The lowest BCUT2D eigenvalue weighted by molar-refractivity contribution is -0.254. The second-order valence-corrected chi connectivity index (χ2v) is 4.53. The maximum atomic E-state index is 12.0. The lowest BCUT2D eigenvalue weighted by Gasteiger charge is -2.11. The molecule has 0 fully saturated rings. The zero-order valence-electron chi connectivity index (χ0n) is 12.0. The molecule has 10 heteroatoms. The molecule has 0 atom stereocenters. The summed E-state index contributed by atoms with van der Waals surface area (Å²) in [5.41, 5.74) is 5.08. The minimum Gasteiger partial charge on any atom is -0.324 e. The summed E-state index contributed by atoms with van der Waals surface area (Å²) < 4.78 is 0. The van der Waals surface area contributed by atoms with Gasteiger partial charge in [0, 0.05) is 0 Å². The van der Waals surface area contributed by atoms with Crippen LogP contribution in [0.5, 0.6) is 0 Å². The number of imide groups is 1. The zero-order valence-corrected chi connectivity index (χ0v) is 12.0. The molecule has 2 rings (SSSR count). The highest BCUT2D eigenvalue weighted by Gasteiger charge is 2.38. The molecule has 1 aromatic carbocycles. The van der Waals surface area contributed by atoms with Gasteiger partial charge in [-0.25, -0.2) is 19.4 Å². The number of amides is 2. The van der Waals surface area contributed by atoms with Gasteiger partial charge in [0.2, 0.25) is 0 Å². The van der Waals surface area contributed by atoms with E-state index in [2.05, 4.69) is 9.78 Å². The molecule has 0 unspecified atom stereocenters. The number of benzene rings is 1. The molecule has 0 aliphatic carbocycles. The van der Waals surface area contributed by atoms with Crippen LogP contribution < -0.4 is 5.73 Å². The van der Waals surface area contributed by atoms with Gasteiger partial charge in [0.1, 0.15) is 0 Å². The van der Waals surface area contributed by atoms with Gasteiger partial charge in [-0.15, -0.1) is 0 Å². The molecule has 2 amide bonds. The summed E-state index contributed by atoms with van der Waals surface area (Å²) in [6.07, 6.45) is 0. The minimum atomic E-state index is -1.65. The first kappa shape index (κ1) is 17.0. The van der Waals surface area contributed by atoms with Gasteiger partial charge >= 0.3 is 11.9 Å². The number of hydrogen-bond donors (Lipinski definition) is 1. The van der Waals surface area contributed by atoms with E-state index in [1.54, 1.807) is 0 Å². The Morgan fingerprint density at radius 1 is 0.875 bits per heavy atom. The van der Waals surface area contributed by atoms with Gasteiger partial charge in [-0.3, -0.25) is 24.1 Å². The maximum Gasteiger partial charge on any atom is 0.423 e. The van der Waals surface area contributed by atoms with Gasteiger partial charge in [0.15, 0.2) is 0 Å². The second-order valence-electron chi connectivity index (χ2n) is 4.53. The van der Waals surface area contributed by atoms with Crippen molar-refractivity contribution in [3.63, 3.8) is 0 Å². The largest absolute Gasteiger partial charge is 0.423 e. The molecule has 0 saturated carbocycles. The van der Waals surface area contributed by atoms with Crippen LogP contribution in [0.3, 0.4) is 0 Å². The average molecular weight is 334 g/mol. The number of carbonyl (C=O) groups is 6.